The molecule has 2 N–H and O–H groups in total. The first-order valence-corrected chi connectivity index (χ1v) is 5.02. The molecular formula is C12H8N2O3. The van der Waals surface area contributed by atoms with E-state index in [4.69, 9.17) is 10.2 Å². The highest BCUT2D eigenvalue weighted by atomic mass is 16.6. The average Bonchev–Trinajstić information content (AvgIpc) is 2.66. The summed E-state index contributed by atoms with van der Waals surface area (Å²) in [7, 11) is 0. The molecule has 0 saturated carbocycles. The molecule has 1 aromatic heterocycles. The molecule has 3 rings (SSSR count). The Hall–Kier alpha value is -2.56. The summed E-state index contributed by atoms with van der Waals surface area (Å²) in [5, 5.41) is 12.5. The molecule has 0 amide bonds. The molecule has 3 aromatic rings. The van der Waals surface area contributed by atoms with Crippen molar-refractivity contribution in [2.24, 2.45) is 0 Å². The van der Waals surface area contributed by atoms with Gasteiger partial charge in [0.25, 0.3) is 0 Å². The molecule has 0 aliphatic heterocycles. The molecule has 2 aromatic carbocycles. The predicted octanol–water partition coefficient (Wildman–Crippen LogP) is 3.08. The zero-order valence-electron chi connectivity index (χ0n) is 8.71. The fourth-order valence-electron chi connectivity index (χ4n) is 1.98. The van der Waals surface area contributed by atoms with Crippen molar-refractivity contribution in [3.63, 3.8) is 0 Å². The van der Waals surface area contributed by atoms with Crippen LogP contribution in [0.25, 0.3) is 21.9 Å². The molecule has 5 nitrogen and oxygen atoms in total. The maximum Gasteiger partial charge on any atom is 0.334 e. The molecule has 0 unspecified atom stereocenters. The lowest BCUT2D eigenvalue weighted by Crippen LogP contribution is -1.95. The van der Waals surface area contributed by atoms with Gasteiger partial charge in [-0.05, 0) is 18.2 Å². The Balaban J connectivity index is 2.56. The van der Waals surface area contributed by atoms with Gasteiger partial charge in [0, 0.05) is 10.8 Å². The van der Waals surface area contributed by atoms with Gasteiger partial charge in [-0.1, -0.05) is 18.2 Å². The van der Waals surface area contributed by atoms with Crippen LogP contribution in [0.4, 0.5) is 11.4 Å². The van der Waals surface area contributed by atoms with Crippen molar-refractivity contribution in [1.82, 2.24) is 0 Å². The maximum absolute atomic E-state index is 11.0. The molecule has 0 saturated heterocycles. The Bertz CT molecular complexity index is 746. The summed E-state index contributed by atoms with van der Waals surface area (Å²) in [6, 6.07) is 10.6. The van der Waals surface area contributed by atoms with Crippen molar-refractivity contribution in [3.05, 3.63) is 46.5 Å². The normalized spacial score (nSPS) is 11.1. The van der Waals surface area contributed by atoms with E-state index in [0.29, 0.717) is 11.0 Å². The number of benzene rings is 2. The van der Waals surface area contributed by atoms with Crippen LogP contribution in [0.15, 0.2) is 40.8 Å². The second-order valence-electron chi connectivity index (χ2n) is 3.74. The number of anilines is 1. The van der Waals surface area contributed by atoms with Crippen molar-refractivity contribution in [2.75, 3.05) is 5.73 Å². The fraction of sp³-hybridized carbons (Fsp3) is 0. The lowest BCUT2D eigenvalue weighted by Gasteiger charge is -1.96. The Labute approximate surface area is 95.6 Å². The zero-order valence-corrected chi connectivity index (χ0v) is 8.71. The van der Waals surface area contributed by atoms with Gasteiger partial charge < -0.3 is 10.2 Å². The van der Waals surface area contributed by atoms with Crippen molar-refractivity contribution >= 4 is 33.3 Å². The number of hydrogen-bond acceptors (Lipinski definition) is 4. The van der Waals surface area contributed by atoms with Crippen molar-refractivity contribution in [1.29, 1.82) is 0 Å². The van der Waals surface area contributed by atoms with Gasteiger partial charge in [-0.25, -0.2) is 0 Å². The number of fused-ring (bicyclic) bond motifs is 3. The minimum absolute atomic E-state index is 0.113. The number of nitro groups is 1. The smallest absolute Gasteiger partial charge is 0.334 e. The third-order valence-corrected chi connectivity index (χ3v) is 2.73. The van der Waals surface area contributed by atoms with Crippen molar-refractivity contribution < 1.29 is 9.34 Å². The molecule has 0 radical (unpaired) electrons. The Morgan fingerprint density at radius 2 is 1.88 bits per heavy atom. The first kappa shape index (κ1) is 9.65. The van der Waals surface area contributed by atoms with Gasteiger partial charge in [0.05, 0.1) is 4.92 Å². The third-order valence-electron chi connectivity index (χ3n) is 2.73. The molecule has 0 atom stereocenters. The summed E-state index contributed by atoms with van der Waals surface area (Å²) in [6.45, 7) is 0. The maximum atomic E-state index is 11.0. The van der Waals surface area contributed by atoms with Crippen molar-refractivity contribution in [3.8, 4) is 0 Å². The highest BCUT2D eigenvalue weighted by Gasteiger charge is 2.21. The topological polar surface area (TPSA) is 82.3 Å². The molecular weight excluding hydrogens is 220 g/mol. The number of rotatable bonds is 1. The average molecular weight is 228 g/mol. The summed E-state index contributed by atoms with van der Waals surface area (Å²) in [5.74, 6) is 0. The molecule has 1 heterocycles. The first-order chi connectivity index (χ1) is 8.18. The molecule has 0 aliphatic rings. The summed E-state index contributed by atoms with van der Waals surface area (Å²) in [5.41, 5.74) is 6.41. The molecule has 0 bridgehead atoms. The lowest BCUT2D eigenvalue weighted by molar-refractivity contribution is -0.382. The predicted molar refractivity (Wildman–Crippen MR) is 64.8 cm³/mol. The van der Waals surface area contributed by atoms with Crippen molar-refractivity contribution in [2.45, 2.75) is 0 Å². The van der Waals surface area contributed by atoms with Gasteiger partial charge in [-0.2, -0.15) is 0 Å². The van der Waals surface area contributed by atoms with E-state index in [1.165, 1.54) is 6.07 Å². The Morgan fingerprint density at radius 1 is 1.12 bits per heavy atom. The SMILES string of the molecule is Nc1ccc2c(oc3ccccc32)c1[N+](=O)[O-]. The van der Waals surface area contributed by atoms with Crippen LogP contribution in [0.2, 0.25) is 0 Å². The van der Waals surface area contributed by atoms with Gasteiger partial charge in [-0.3, -0.25) is 10.1 Å². The molecule has 0 spiro atoms. The van der Waals surface area contributed by atoms with E-state index in [1.807, 2.05) is 18.2 Å². The van der Waals surface area contributed by atoms with E-state index in [9.17, 15) is 10.1 Å². The summed E-state index contributed by atoms with van der Waals surface area (Å²) >= 11 is 0. The van der Waals surface area contributed by atoms with Crippen LogP contribution >= 0.6 is 0 Å². The van der Waals surface area contributed by atoms with Crippen LogP contribution in [0.1, 0.15) is 0 Å². The fourth-order valence-corrected chi connectivity index (χ4v) is 1.98. The number of hydrogen-bond donors (Lipinski definition) is 1. The van der Waals surface area contributed by atoms with Gasteiger partial charge in [0.1, 0.15) is 11.3 Å². The highest BCUT2D eigenvalue weighted by Crippen LogP contribution is 2.37. The van der Waals surface area contributed by atoms with E-state index >= 15 is 0 Å². The zero-order chi connectivity index (χ0) is 12.0. The van der Waals surface area contributed by atoms with Gasteiger partial charge >= 0.3 is 5.69 Å². The van der Waals surface area contributed by atoms with E-state index in [1.54, 1.807) is 12.1 Å². The Kier molecular flexibility index (Phi) is 1.82. The summed E-state index contributed by atoms with van der Waals surface area (Å²) in [4.78, 5) is 10.5. The third kappa shape index (κ3) is 1.25. The number of nitrogens with two attached hydrogens (primary N) is 1. The number of furan rings is 1. The molecule has 17 heavy (non-hydrogen) atoms. The molecule has 84 valence electrons. The number of para-hydroxylation sites is 1. The monoisotopic (exact) mass is 228 g/mol. The van der Waals surface area contributed by atoms with Gasteiger partial charge in [0.15, 0.2) is 0 Å². The number of nitro benzene ring substituents is 1. The van der Waals surface area contributed by atoms with E-state index in [-0.39, 0.29) is 17.0 Å². The summed E-state index contributed by atoms with van der Waals surface area (Å²) in [6.07, 6.45) is 0. The first-order valence-electron chi connectivity index (χ1n) is 5.02. The van der Waals surface area contributed by atoms with E-state index in [0.717, 1.165) is 5.39 Å². The number of nitrogens with zero attached hydrogens (tertiary/aromatic N) is 1. The number of nitrogen functional groups attached to an aromatic ring is 1. The van der Waals surface area contributed by atoms with E-state index in [2.05, 4.69) is 0 Å². The van der Waals surface area contributed by atoms with Crippen LogP contribution in [0.5, 0.6) is 0 Å². The minimum atomic E-state index is -0.514. The van der Waals surface area contributed by atoms with Crippen LogP contribution in [-0.2, 0) is 0 Å². The van der Waals surface area contributed by atoms with E-state index < -0.39 is 4.92 Å². The quantitative estimate of drug-likeness (QED) is 0.394. The molecule has 5 heteroatoms. The van der Waals surface area contributed by atoms with Gasteiger partial charge in [0.2, 0.25) is 5.58 Å². The van der Waals surface area contributed by atoms with Crippen LogP contribution < -0.4 is 5.73 Å². The second-order valence-corrected chi connectivity index (χ2v) is 3.74. The Morgan fingerprint density at radius 3 is 2.65 bits per heavy atom. The second kappa shape index (κ2) is 3.21. The minimum Gasteiger partial charge on any atom is -0.449 e. The lowest BCUT2D eigenvalue weighted by atomic mass is 10.1. The highest BCUT2D eigenvalue weighted by molar-refractivity contribution is 6.09. The molecule has 0 fully saturated rings. The van der Waals surface area contributed by atoms with Crippen LogP contribution in [-0.4, -0.2) is 4.92 Å². The van der Waals surface area contributed by atoms with Crippen LogP contribution in [0.3, 0.4) is 0 Å². The standard InChI is InChI=1S/C12H8N2O3/c13-9-6-5-8-7-3-1-2-4-10(7)17-12(8)11(9)14(15)16/h1-6H,13H2. The largest absolute Gasteiger partial charge is 0.449 e. The molecule has 0 aliphatic carbocycles. The van der Waals surface area contributed by atoms with Gasteiger partial charge in [-0.15, -0.1) is 0 Å². The van der Waals surface area contributed by atoms with Crippen LogP contribution in [0, 0.1) is 10.1 Å². The summed E-state index contributed by atoms with van der Waals surface area (Å²) < 4.78 is 5.50.